The van der Waals surface area contributed by atoms with Gasteiger partial charge in [-0.2, -0.15) is 0 Å². The Morgan fingerprint density at radius 1 is 1.06 bits per heavy atom. The smallest absolute Gasteiger partial charge is 0.130 e. The van der Waals surface area contributed by atoms with Gasteiger partial charge in [0.15, 0.2) is 0 Å². The Kier molecular flexibility index (Phi) is 3.78. The number of ether oxygens (including phenoxy) is 1. The van der Waals surface area contributed by atoms with Gasteiger partial charge in [-0.05, 0) is 43.3 Å². The van der Waals surface area contributed by atoms with Gasteiger partial charge in [-0.25, -0.2) is 0 Å². The highest BCUT2D eigenvalue weighted by Gasteiger charge is 2.01. The zero-order chi connectivity index (χ0) is 12.1. The molecule has 17 heavy (non-hydrogen) atoms. The van der Waals surface area contributed by atoms with Gasteiger partial charge in [0.05, 0.1) is 0 Å². The van der Waals surface area contributed by atoms with Crippen molar-refractivity contribution in [3.63, 3.8) is 0 Å². The molecule has 0 radical (unpaired) electrons. The Hall–Kier alpha value is -1.80. The molecule has 88 valence electrons. The molecular weight excluding hydrogens is 210 g/mol. The van der Waals surface area contributed by atoms with Crippen LogP contribution in [-0.4, -0.2) is 7.05 Å². The second-order valence-corrected chi connectivity index (χ2v) is 4.05. The Morgan fingerprint density at radius 3 is 2.65 bits per heavy atom. The monoisotopic (exact) mass is 227 g/mol. The number of aryl methyl sites for hydroxylation is 1. The Labute approximate surface area is 102 Å². The molecule has 0 bridgehead atoms. The lowest BCUT2D eigenvalue weighted by atomic mass is 10.2. The molecule has 2 nitrogen and oxygen atoms in total. The fraction of sp³-hybridized carbons (Fsp3) is 0.200. The molecule has 0 aliphatic rings. The first-order chi connectivity index (χ1) is 8.29. The predicted molar refractivity (Wildman–Crippen MR) is 70.5 cm³/mol. The largest absolute Gasteiger partial charge is 0.457 e. The van der Waals surface area contributed by atoms with E-state index in [1.165, 1.54) is 5.56 Å². The normalized spacial score (nSPS) is 10.2. The van der Waals surface area contributed by atoms with Crippen LogP contribution in [0, 0.1) is 6.92 Å². The molecule has 2 heteroatoms. The Morgan fingerprint density at radius 2 is 1.88 bits per heavy atom. The Balaban J connectivity index is 2.18. The van der Waals surface area contributed by atoms with Crippen LogP contribution in [-0.2, 0) is 6.54 Å². The van der Waals surface area contributed by atoms with Crippen LogP contribution in [0.15, 0.2) is 48.5 Å². The Bertz CT molecular complexity index is 494. The lowest BCUT2D eigenvalue weighted by Gasteiger charge is -2.09. The van der Waals surface area contributed by atoms with Gasteiger partial charge in [-0.3, -0.25) is 0 Å². The van der Waals surface area contributed by atoms with Crippen LogP contribution >= 0.6 is 0 Å². The molecule has 2 aromatic rings. The maximum atomic E-state index is 5.87. The minimum absolute atomic E-state index is 0.852. The van der Waals surface area contributed by atoms with Crippen LogP contribution in [0.25, 0.3) is 0 Å². The third-order valence-electron chi connectivity index (χ3n) is 2.60. The molecule has 0 heterocycles. The highest BCUT2D eigenvalue weighted by molar-refractivity contribution is 5.38. The number of hydrogen-bond acceptors (Lipinski definition) is 2. The van der Waals surface area contributed by atoms with E-state index < -0.39 is 0 Å². The third-order valence-corrected chi connectivity index (χ3v) is 2.60. The van der Waals surface area contributed by atoms with Gasteiger partial charge in [-0.15, -0.1) is 0 Å². The number of rotatable bonds is 4. The van der Waals surface area contributed by atoms with Crippen molar-refractivity contribution in [3.05, 3.63) is 59.7 Å². The zero-order valence-corrected chi connectivity index (χ0v) is 10.2. The summed E-state index contributed by atoms with van der Waals surface area (Å²) < 4.78 is 5.87. The van der Waals surface area contributed by atoms with E-state index in [2.05, 4.69) is 17.4 Å². The third kappa shape index (κ3) is 3.08. The quantitative estimate of drug-likeness (QED) is 0.863. The number of benzene rings is 2. The predicted octanol–water partition coefficient (Wildman–Crippen LogP) is 3.51. The van der Waals surface area contributed by atoms with Gasteiger partial charge in [0, 0.05) is 6.54 Å². The van der Waals surface area contributed by atoms with Crippen LogP contribution in [0.4, 0.5) is 0 Å². The SMILES string of the molecule is CNCc1cccc(Oc2ccccc2C)c1. The summed E-state index contributed by atoms with van der Waals surface area (Å²) in [5.74, 6) is 1.79. The highest BCUT2D eigenvalue weighted by Crippen LogP contribution is 2.25. The number of nitrogens with one attached hydrogen (secondary N) is 1. The van der Waals surface area contributed by atoms with Gasteiger partial charge >= 0.3 is 0 Å². The van der Waals surface area contributed by atoms with Crippen molar-refractivity contribution >= 4 is 0 Å². The molecule has 0 aliphatic heterocycles. The molecule has 0 aliphatic carbocycles. The molecule has 0 fully saturated rings. The van der Waals surface area contributed by atoms with E-state index in [4.69, 9.17) is 4.74 Å². The van der Waals surface area contributed by atoms with Gasteiger partial charge in [0.25, 0.3) is 0 Å². The molecule has 0 aromatic heterocycles. The van der Waals surface area contributed by atoms with E-state index in [9.17, 15) is 0 Å². The second kappa shape index (κ2) is 5.51. The standard InChI is InChI=1S/C15H17NO/c1-12-6-3-4-9-15(12)17-14-8-5-7-13(10-14)11-16-2/h3-10,16H,11H2,1-2H3. The molecule has 0 saturated carbocycles. The minimum atomic E-state index is 0.852. The molecule has 0 atom stereocenters. The summed E-state index contributed by atoms with van der Waals surface area (Å²) in [6.45, 7) is 2.90. The second-order valence-electron chi connectivity index (χ2n) is 4.05. The zero-order valence-electron chi connectivity index (χ0n) is 10.2. The van der Waals surface area contributed by atoms with E-state index in [0.29, 0.717) is 0 Å². The highest BCUT2D eigenvalue weighted by atomic mass is 16.5. The van der Waals surface area contributed by atoms with E-state index >= 15 is 0 Å². The van der Waals surface area contributed by atoms with Gasteiger partial charge in [0.1, 0.15) is 11.5 Å². The fourth-order valence-corrected chi connectivity index (χ4v) is 1.72. The lowest BCUT2D eigenvalue weighted by molar-refractivity contribution is 0.478. The summed E-state index contributed by atoms with van der Waals surface area (Å²) in [5.41, 5.74) is 2.37. The average Bonchev–Trinajstić information content (AvgIpc) is 2.33. The maximum absolute atomic E-state index is 5.87. The van der Waals surface area contributed by atoms with Crippen molar-refractivity contribution in [2.45, 2.75) is 13.5 Å². The van der Waals surface area contributed by atoms with Crippen LogP contribution in [0.3, 0.4) is 0 Å². The number of para-hydroxylation sites is 1. The molecule has 0 saturated heterocycles. The molecule has 2 rings (SSSR count). The van der Waals surface area contributed by atoms with Gasteiger partial charge in [0.2, 0.25) is 0 Å². The summed E-state index contributed by atoms with van der Waals surface area (Å²) in [4.78, 5) is 0. The van der Waals surface area contributed by atoms with Crippen molar-refractivity contribution in [2.24, 2.45) is 0 Å². The summed E-state index contributed by atoms with van der Waals surface area (Å²) in [6.07, 6.45) is 0. The summed E-state index contributed by atoms with van der Waals surface area (Å²) >= 11 is 0. The fourth-order valence-electron chi connectivity index (χ4n) is 1.72. The first-order valence-electron chi connectivity index (χ1n) is 5.76. The number of hydrogen-bond donors (Lipinski definition) is 1. The molecule has 0 spiro atoms. The first kappa shape index (κ1) is 11.7. The van der Waals surface area contributed by atoms with Gasteiger partial charge in [-0.1, -0.05) is 30.3 Å². The topological polar surface area (TPSA) is 21.3 Å². The van der Waals surface area contributed by atoms with E-state index in [1.54, 1.807) is 0 Å². The maximum Gasteiger partial charge on any atom is 0.130 e. The van der Waals surface area contributed by atoms with E-state index in [1.807, 2.05) is 50.4 Å². The molecule has 1 N–H and O–H groups in total. The van der Waals surface area contributed by atoms with Crippen LogP contribution in [0.2, 0.25) is 0 Å². The van der Waals surface area contributed by atoms with Crippen molar-refractivity contribution in [3.8, 4) is 11.5 Å². The van der Waals surface area contributed by atoms with Crippen molar-refractivity contribution < 1.29 is 4.74 Å². The molecule has 2 aromatic carbocycles. The summed E-state index contributed by atoms with van der Waals surface area (Å²) in [7, 11) is 1.94. The lowest BCUT2D eigenvalue weighted by Crippen LogP contribution is -2.04. The average molecular weight is 227 g/mol. The summed E-state index contributed by atoms with van der Waals surface area (Å²) in [6, 6.07) is 16.2. The minimum Gasteiger partial charge on any atom is -0.457 e. The van der Waals surface area contributed by atoms with E-state index in [-0.39, 0.29) is 0 Å². The van der Waals surface area contributed by atoms with Crippen LogP contribution in [0.1, 0.15) is 11.1 Å². The molecule has 0 amide bonds. The van der Waals surface area contributed by atoms with Crippen molar-refractivity contribution in [1.29, 1.82) is 0 Å². The molecule has 0 unspecified atom stereocenters. The van der Waals surface area contributed by atoms with E-state index in [0.717, 1.165) is 23.6 Å². The molecular formula is C15H17NO. The van der Waals surface area contributed by atoms with Crippen LogP contribution < -0.4 is 10.1 Å². The summed E-state index contributed by atoms with van der Waals surface area (Å²) in [5, 5.41) is 3.13. The van der Waals surface area contributed by atoms with Crippen molar-refractivity contribution in [1.82, 2.24) is 5.32 Å². The van der Waals surface area contributed by atoms with Gasteiger partial charge < -0.3 is 10.1 Å². The van der Waals surface area contributed by atoms with Crippen LogP contribution in [0.5, 0.6) is 11.5 Å². The first-order valence-corrected chi connectivity index (χ1v) is 5.76. The van der Waals surface area contributed by atoms with Crippen molar-refractivity contribution in [2.75, 3.05) is 7.05 Å².